The lowest BCUT2D eigenvalue weighted by atomic mass is 9.92. The summed E-state index contributed by atoms with van der Waals surface area (Å²) in [6.07, 6.45) is 4.58. The number of hydrogen-bond donors (Lipinski definition) is 2. The molecule has 5 heteroatoms. The molecule has 0 amide bonds. The molecule has 0 unspecified atom stereocenters. The number of aromatic carboxylic acids is 1. The van der Waals surface area contributed by atoms with Crippen LogP contribution in [0.5, 0.6) is 0 Å². The Bertz CT molecular complexity index is 422. The average Bonchev–Trinajstić information content (AvgIpc) is 2.39. The van der Waals surface area contributed by atoms with Gasteiger partial charge in [0.1, 0.15) is 5.82 Å². The van der Waals surface area contributed by atoms with Crippen LogP contribution < -0.4 is 5.32 Å². The molecular formula is C13H18N2O3. The Balaban J connectivity index is 2.07. The first-order valence-corrected chi connectivity index (χ1v) is 6.20. The predicted octanol–water partition coefficient (Wildman–Crippen LogP) is 2.15. The first-order valence-electron chi connectivity index (χ1n) is 6.20. The third-order valence-corrected chi connectivity index (χ3v) is 3.31. The van der Waals surface area contributed by atoms with Gasteiger partial charge in [0.25, 0.3) is 0 Å². The number of carboxylic acid groups (broad SMARTS) is 1. The van der Waals surface area contributed by atoms with E-state index in [2.05, 4.69) is 10.3 Å². The number of carbonyl (C=O) groups is 1. The van der Waals surface area contributed by atoms with Crippen molar-refractivity contribution in [2.24, 2.45) is 0 Å². The van der Waals surface area contributed by atoms with Gasteiger partial charge in [-0.3, -0.25) is 0 Å². The lowest BCUT2D eigenvalue weighted by Crippen LogP contribution is -2.38. The van der Waals surface area contributed by atoms with Crippen LogP contribution in [-0.4, -0.2) is 35.3 Å². The van der Waals surface area contributed by atoms with Gasteiger partial charge in [0, 0.05) is 7.11 Å². The maximum absolute atomic E-state index is 10.9. The third kappa shape index (κ3) is 2.98. The normalized spacial score (nSPS) is 23.6. The van der Waals surface area contributed by atoms with Gasteiger partial charge >= 0.3 is 5.97 Å². The zero-order chi connectivity index (χ0) is 13.0. The number of anilines is 1. The molecule has 1 saturated carbocycles. The van der Waals surface area contributed by atoms with E-state index in [-0.39, 0.29) is 17.8 Å². The van der Waals surface area contributed by atoms with Gasteiger partial charge in [-0.2, -0.15) is 0 Å². The summed E-state index contributed by atoms with van der Waals surface area (Å²) in [4.78, 5) is 14.9. The second kappa shape index (κ2) is 5.82. The number of hydrogen-bond acceptors (Lipinski definition) is 4. The summed E-state index contributed by atoms with van der Waals surface area (Å²) in [5, 5.41) is 12.2. The molecule has 2 rings (SSSR count). The Morgan fingerprint density at radius 2 is 2.22 bits per heavy atom. The van der Waals surface area contributed by atoms with E-state index in [4.69, 9.17) is 9.84 Å². The van der Waals surface area contributed by atoms with Crippen molar-refractivity contribution >= 4 is 11.8 Å². The number of aromatic nitrogens is 1. The van der Waals surface area contributed by atoms with Crippen molar-refractivity contribution in [2.45, 2.75) is 37.8 Å². The second-order valence-electron chi connectivity index (χ2n) is 4.52. The third-order valence-electron chi connectivity index (χ3n) is 3.31. The topological polar surface area (TPSA) is 71.5 Å². The SMILES string of the molecule is CO[C@@H]1CCCC[C@H]1Nc1cccc(C(=O)O)n1. The molecule has 1 aromatic rings. The van der Waals surface area contributed by atoms with E-state index in [9.17, 15) is 4.79 Å². The minimum absolute atomic E-state index is 0.0600. The molecule has 98 valence electrons. The van der Waals surface area contributed by atoms with E-state index in [1.54, 1.807) is 19.2 Å². The number of ether oxygens (including phenoxy) is 1. The van der Waals surface area contributed by atoms with E-state index in [1.807, 2.05) is 0 Å². The Morgan fingerprint density at radius 3 is 2.94 bits per heavy atom. The zero-order valence-electron chi connectivity index (χ0n) is 10.4. The molecule has 1 heterocycles. The number of rotatable bonds is 4. The number of pyridine rings is 1. The lowest BCUT2D eigenvalue weighted by molar-refractivity contribution is 0.0605. The minimum atomic E-state index is -1.01. The molecule has 2 N–H and O–H groups in total. The van der Waals surface area contributed by atoms with E-state index < -0.39 is 5.97 Å². The lowest BCUT2D eigenvalue weighted by Gasteiger charge is -2.31. The first kappa shape index (κ1) is 12.8. The standard InChI is InChI=1S/C13H18N2O3/c1-18-11-7-3-2-5-9(11)14-12-8-4-6-10(15-12)13(16)17/h4,6,8-9,11H,2-3,5,7H2,1H3,(H,14,15)(H,16,17)/t9-,11-/m1/s1. The summed E-state index contributed by atoms with van der Waals surface area (Å²) < 4.78 is 5.45. The molecule has 0 spiro atoms. The molecule has 5 nitrogen and oxygen atoms in total. The minimum Gasteiger partial charge on any atom is -0.477 e. The van der Waals surface area contributed by atoms with Crippen molar-refractivity contribution in [1.29, 1.82) is 0 Å². The van der Waals surface area contributed by atoms with Gasteiger partial charge in [0.05, 0.1) is 12.1 Å². The molecule has 0 aliphatic heterocycles. The number of carboxylic acids is 1. The van der Waals surface area contributed by atoms with Crippen LogP contribution in [0.3, 0.4) is 0 Å². The highest BCUT2D eigenvalue weighted by Gasteiger charge is 2.25. The fraction of sp³-hybridized carbons (Fsp3) is 0.538. The van der Waals surface area contributed by atoms with Gasteiger partial charge < -0.3 is 15.2 Å². The molecule has 0 saturated heterocycles. The van der Waals surface area contributed by atoms with Crippen LogP contribution >= 0.6 is 0 Å². The van der Waals surface area contributed by atoms with E-state index in [0.717, 1.165) is 19.3 Å². The van der Waals surface area contributed by atoms with E-state index >= 15 is 0 Å². The first-order chi connectivity index (χ1) is 8.70. The number of methoxy groups -OCH3 is 1. The van der Waals surface area contributed by atoms with Crippen molar-refractivity contribution in [3.8, 4) is 0 Å². The van der Waals surface area contributed by atoms with Crippen molar-refractivity contribution in [2.75, 3.05) is 12.4 Å². The van der Waals surface area contributed by atoms with Gasteiger partial charge in [0.15, 0.2) is 5.69 Å². The highest BCUT2D eigenvalue weighted by atomic mass is 16.5. The molecule has 18 heavy (non-hydrogen) atoms. The summed E-state index contributed by atoms with van der Waals surface area (Å²) >= 11 is 0. The van der Waals surface area contributed by atoms with Crippen LogP contribution in [0.4, 0.5) is 5.82 Å². The van der Waals surface area contributed by atoms with E-state index in [1.165, 1.54) is 12.5 Å². The van der Waals surface area contributed by atoms with Gasteiger partial charge in [-0.15, -0.1) is 0 Å². The zero-order valence-corrected chi connectivity index (χ0v) is 10.4. The summed E-state index contributed by atoms with van der Waals surface area (Å²) in [6.45, 7) is 0. The Labute approximate surface area is 106 Å². The van der Waals surface area contributed by atoms with Crippen LogP contribution in [0.25, 0.3) is 0 Å². The summed E-state index contributed by atoms with van der Waals surface area (Å²) in [5.74, 6) is -0.408. The monoisotopic (exact) mass is 250 g/mol. The molecule has 2 atom stereocenters. The molecular weight excluding hydrogens is 232 g/mol. The predicted molar refractivity (Wildman–Crippen MR) is 67.9 cm³/mol. The molecule has 1 aliphatic rings. The van der Waals surface area contributed by atoms with Gasteiger partial charge in [-0.25, -0.2) is 9.78 Å². The van der Waals surface area contributed by atoms with Crippen LogP contribution in [0.15, 0.2) is 18.2 Å². The van der Waals surface area contributed by atoms with E-state index in [0.29, 0.717) is 5.82 Å². The number of nitrogens with zero attached hydrogens (tertiary/aromatic N) is 1. The Morgan fingerprint density at radius 1 is 1.44 bits per heavy atom. The Hall–Kier alpha value is -1.62. The molecule has 1 aliphatic carbocycles. The molecule has 0 aromatic carbocycles. The maximum Gasteiger partial charge on any atom is 0.354 e. The van der Waals surface area contributed by atoms with Crippen LogP contribution in [0.2, 0.25) is 0 Å². The summed E-state index contributed by atoms with van der Waals surface area (Å²) in [6, 6.07) is 5.18. The smallest absolute Gasteiger partial charge is 0.354 e. The quantitative estimate of drug-likeness (QED) is 0.856. The van der Waals surface area contributed by atoms with Crippen LogP contribution in [0.1, 0.15) is 36.2 Å². The van der Waals surface area contributed by atoms with Gasteiger partial charge in [0.2, 0.25) is 0 Å². The molecule has 1 aromatic heterocycles. The molecule has 1 fully saturated rings. The number of nitrogens with one attached hydrogen (secondary N) is 1. The summed E-state index contributed by atoms with van der Waals surface area (Å²) in [5.41, 5.74) is 0.0600. The highest BCUT2D eigenvalue weighted by Crippen LogP contribution is 2.23. The second-order valence-corrected chi connectivity index (χ2v) is 4.52. The van der Waals surface area contributed by atoms with Crippen LogP contribution in [-0.2, 0) is 4.74 Å². The fourth-order valence-electron chi connectivity index (χ4n) is 2.37. The summed E-state index contributed by atoms with van der Waals surface area (Å²) in [7, 11) is 1.71. The van der Waals surface area contributed by atoms with Crippen LogP contribution in [0, 0.1) is 0 Å². The molecule has 0 bridgehead atoms. The van der Waals surface area contributed by atoms with Gasteiger partial charge in [-0.1, -0.05) is 18.9 Å². The van der Waals surface area contributed by atoms with Crippen molar-refractivity contribution in [3.05, 3.63) is 23.9 Å². The van der Waals surface area contributed by atoms with Crippen molar-refractivity contribution < 1.29 is 14.6 Å². The fourth-order valence-corrected chi connectivity index (χ4v) is 2.37. The molecule has 0 radical (unpaired) electrons. The largest absolute Gasteiger partial charge is 0.477 e. The van der Waals surface area contributed by atoms with Gasteiger partial charge in [-0.05, 0) is 25.0 Å². The maximum atomic E-state index is 10.9. The highest BCUT2D eigenvalue weighted by molar-refractivity contribution is 5.85. The Kier molecular flexibility index (Phi) is 4.15. The van der Waals surface area contributed by atoms with Crippen molar-refractivity contribution in [1.82, 2.24) is 4.98 Å². The van der Waals surface area contributed by atoms with Crippen molar-refractivity contribution in [3.63, 3.8) is 0 Å². The average molecular weight is 250 g/mol.